The van der Waals surface area contributed by atoms with Crippen molar-refractivity contribution in [3.05, 3.63) is 64.9 Å². The van der Waals surface area contributed by atoms with E-state index in [1.807, 2.05) is 19.1 Å². The van der Waals surface area contributed by atoms with Gasteiger partial charge in [-0.1, -0.05) is 23.7 Å². The van der Waals surface area contributed by atoms with Crippen LogP contribution in [0.1, 0.15) is 29.9 Å². The third kappa shape index (κ3) is 5.75. The van der Waals surface area contributed by atoms with E-state index in [2.05, 4.69) is 30.9 Å². The number of carbonyl (C=O) groups is 2. The van der Waals surface area contributed by atoms with Crippen LogP contribution in [0.2, 0.25) is 5.02 Å². The van der Waals surface area contributed by atoms with Crippen LogP contribution in [-0.4, -0.2) is 47.6 Å². The van der Waals surface area contributed by atoms with Gasteiger partial charge in [0.1, 0.15) is 17.3 Å². The van der Waals surface area contributed by atoms with Crippen molar-refractivity contribution >= 4 is 46.5 Å². The second kappa shape index (κ2) is 10.9. The van der Waals surface area contributed by atoms with Gasteiger partial charge in [0.25, 0.3) is 5.91 Å². The van der Waals surface area contributed by atoms with E-state index in [0.29, 0.717) is 16.3 Å². The van der Waals surface area contributed by atoms with Gasteiger partial charge in [-0.05, 0) is 62.4 Å². The largest absolute Gasteiger partial charge is 0.398 e. The number of nitrogens with zero attached hydrogens (tertiary/aromatic N) is 3. The van der Waals surface area contributed by atoms with Gasteiger partial charge in [0.2, 0.25) is 5.91 Å². The summed E-state index contributed by atoms with van der Waals surface area (Å²) in [6, 6.07) is 11.6. The standard InChI is InChI=1S/C24H26ClN7O2/c1-13(27-3)22-17(6-5-7-18(22)26)15-10-20(31-23(33)14(2)28-4)30-21(11-15)32-24(34)19-9-8-16(25)12-29-19/h5-12,14,28H,26H2,1-4H3,(H2,30,31,32,33,34). The molecule has 5 N–H and O–H groups in total. The van der Waals surface area contributed by atoms with Crippen molar-refractivity contribution in [2.45, 2.75) is 19.9 Å². The number of pyridine rings is 2. The fourth-order valence-corrected chi connectivity index (χ4v) is 3.31. The van der Waals surface area contributed by atoms with Crippen molar-refractivity contribution in [1.29, 1.82) is 0 Å². The van der Waals surface area contributed by atoms with E-state index >= 15 is 0 Å². The van der Waals surface area contributed by atoms with Crippen molar-refractivity contribution in [2.75, 3.05) is 30.5 Å². The van der Waals surface area contributed by atoms with Crippen molar-refractivity contribution in [3.8, 4) is 11.1 Å². The quantitative estimate of drug-likeness (QED) is 0.302. The van der Waals surface area contributed by atoms with E-state index in [1.54, 1.807) is 45.3 Å². The van der Waals surface area contributed by atoms with E-state index in [1.165, 1.54) is 12.3 Å². The summed E-state index contributed by atoms with van der Waals surface area (Å²) in [6.07, 6.45) is 1.39. The van der Waals surface area contributed by atoms with E-state index in [-0.39, 0.29) is 23.2 Å². The van der Waals surface area contributed by atoms with Crippen LogP contribution >= 0.6 is 11.6 Å². The molecule has 2 aromatic heterocycles. The van der Waals surface area contributed by atoms with E-state index in [4.69, 9.17) is 17.3 Å². The maximum absolute atomic E-state index is 12.7. The van der Waals surface area contributed by atoms with Crippen molar-refractivity contribution < 1.29 is 9.59 Å². The smallest absolute Gasteiger partial charge is 0.275 e. The van der Waals surface area contributed by atoms with Crippen LogP contribution in [0.4, 0.5) is 17.3 Å². The molecule has 0 saturated carbocycles. The van der Waals surface area contributed by atoms with Crippen LogP contribution in [0.5, 0.6) is 0 Å². The number of anilines is 3. The molecule has 2 amide bonds. The van der Waals surface area contributed by atoms with E-state index in [9.17, 15) is 9.59 Å². The monoisotopic (exact) mass is 479 g/mol. The lowest BCUT2D eigenvalue weighted by Crippen LogP contribution is -2.35. The Balaban J connectivity index is 2.09. The normalized spacial score (nSPS) is 12.2. The average Bonchev–Trinajstić information content (AvgIpc) is 2.83. The number of likely N-dealkylation sites (N-methyl/N-ethyl adjacent to an activating group) is 1. The van der Waals surface area contributed by atoms with Crippen LogP contribution in [0.3, 0.4) is 0 Å². The predicted octanol–water partition coefficient (Wildman–Crippen LogP) is 3.62. The molecule has 3 aromatic rings. The highest BCUT2D eigenvalue weighted by Crippen LogP contribution is 2.31. The molecule has 0 radical (unpaired) electrons. The molecule has 2 heterocycles. The summed E-state index contributed by atoms with van der Waals surface area (Å²) in [5.74, 6) is -0.251. The van der Waals surface area contributed by atoms with E-state index < -0.39 is 11.9 Å². The Hall–Kier alpha value is -3.82. The molecule has 3 rings (SSSR count). The lowest BCUT2D eigenvalue weighted by molar-refractivity contribution is -0.117. The molecule has 0 aliphatic carbocycles. The minimum atomic E-state index is -0.471. The minimum absolute atomic E-state index is 0.171. The molecule has 0 bridgehead atoms. The van der Waals surface area contributed by atoms with Gasteiger partial charge in [-0.25, -0.2) is 9.97 Å². The molecule has 176 valence electrons. The number of nitrogens with one attached hydrogen (secondary N) is 3. The van der Waals surface area contributed by atoms with Gasteiger partial charge in [-0.2, -0.15) is 0 Å². The molecule has 0 aliphatic heterocycles. The Morgan fingerprint density at radius 1 is 1.12 bits per heavy atom. The maximum Gasteiger partial charge on any atom is 0.275 e. The van der Waals surface area contributed by atoms with Crippen LogP contribution in [0, 0.1) is 0 Å². The number of rotatable bonds is 7. The summed E-state index contributed by atoms with van der Waals surface area (Å²) in [5.41, 5.74) is 9.96. The Morgan fingerprint density at radius 3 is 2.44 bits per heavy atom. The molecule has 9 nitrogen and oxygen atoms in total. The first kappa shape index (κ1) is 24.8. The first-order chi connectivity index (χ1) is 16.2. The number of nitrogen functional groups attached to an aromatic ring is 1. The summed E-state index contributed by atoms with van der Waals surface area (Å²) >= 11 is 5.87. The first-order valence-electron chi connectivity index (χ1n) is 10.5. The molecule has 0 spiro atoms. The van der Waals surface area contributed by atoms with Gasteiger partial charge < -0.3 is 21.7 Å². The number of aromatic nitrogens is 2. The zero-order chi connectivity index (χ0) is 24.8. The number of halogens is 1. The second-order valence-corrected chi connectivity index (χ2v) is 7.96. The number of nitrogens with two attached hydrogens (primary N) is 1. The molecule has 34 heavy (non-hydrogen) atoms. The molecular weight excluding hydrogens is 454 g/mol. The van der Waals surface area contributed by atoms with Gasteiger partial charge in [0.15, 0.2) is 0 Å². The van der Waals surface area contributed by atoms with Crippen LogP contribution in [0.25, 0.3) is 11.1 Å². The first-order valence-corrected chi connectivity index (χ1v) is 10.9. The molecule has 1 aromatic carbocycles. The Morgan fingerprint density at radius 2 is 1.82 bits per heavy atom. The summed E-state index contributed by atoms with van der Waals surface area (Å²) in [6.45, 7) is 3.59. The highest BCUT2D eigenvalue weighted by molar-refractivity contribution is 6.30. The van der Waals surface area contributed by atoms with Gasteiger partial charge in [0, 0.05) is 30.2 Å². The van der Waals surface area contributed by atoms with Gasteiger partial charge >= 0.3 is 0 Å². The lowest BCUT2D eigenvalue weighted by Gasteiger charge is -2.16. The Kier molecular flexibility index (Phi) is 7.93. The van der Waals surface area contributed by atoms with Crippen LogP contribution < -0.4 is 21.7 Å². The fourth-order valence-electron chi connectivity index (χ4n) is 3.20. The highest BCUT2D eigenvalue weighted by Gasteiger charge is 2.17. The number of amides is 2. The SMILES string of the molecule is CN=C(C)c1c(N)cccc1-c1cc(NC(=O)c2ccc(Cl)cn2)nc(NC(=O)C(C)NC)c1. The zero-order valence-electron chi connectivity index (χ0n) is 19.3. The predicted molar refractivity (Wildman–Crippen MR) is 137 cm³/mol. The third-order valence-electron chi connectivity index (χ3n) is 5.21. The minimum Gasteiger partial charge on any atom is -0.398 e. The zero-order valence-corrected chi connectivity index (χ0v) is 20.1. The van der Waals surface area contributed by atoms with Crippen LogP contribution in [-0.2, 0) is 4.79 Å². The number of aliphatic imine (C=N–C) groups is 1. The van der Waals surface area contributed by atoms with Gasteiger partial charge in [-0.3, -0.25) is 14.6 Å². The number of benzene rings is 1. The summed E-state index contributed by atoms with van der Waals surface area (Å²) in [4.78, 5) is 38.0. The third-order valence-corrected chi connectivity index (χ3v) is 5.43. The molecule has 1 unspecified atom stereocenters. The lowest BCUT2D eigenvalue weighted by atomic mass is 9.96. The molecule has 1 atom stereocenters. The number of hydrogen-bond acceptors (Lipinski definition) is 7. The molecule has 10 heteroatoms. The van der Waals surface area contributed by atoms with E-state index in [0.717, 1.165) is 16.8 Å². The highest BCUT2D eigenvalue weighted by atomic mass is 35.5. The molecular formula is C24H26ClN7O2. The molecule has 0 fully saturated rings. The molecule has 0 aliphatic rings. The topological polar surface area (TPSA) is 134 Å². The summed E-state index contributed by atoms with van der Waals surface area (Å²) < 4.78 is 0. The van der Waals surface area contributed by atoms with Gasteiger partial charge in [0.05, 0.1) is 11.1 Å². The molecule has 0 saturated heterocycles. The number of hydrogen-bond donors (Lipinski definition) is 4. The maximum atomic E-state index is 12.7. The second-order valence-electron chi connectivity index (χ2n) is 7.52. The van der Waals surface area contributed by atoms with Gasteiger partial charge in [-0.15, -0.1) is 0 Å². The Bertz CT molecular complexity index is 1240. The summed E-state index contributed by atoms with van der Waals surface area (Å²) in [5, 5.41) is 8.82. The number of carbonyl (C=O) groups excluding carboxylic acids is 2. The average molecular weight is 480 g/mol. The van der Waals surface area contributed by atoms with Crippen molar-refractivity contribution in [2.24, 2.45) is 4.99 Å². The Labute approximate surface area is 202 Å². The van der Waals surface area contributed by atoms with Crippen molar-refractivity contribution in [3.63, 3.8) is 0 Å². The fraction of sp³-hybridized carbons (Fsp3) is 0.208. The van der Waals surface area contributed by atoms with Crippen molar-refractivity contribution in [1.82, 2.24) is 15.3 Å². The summed E-state index contributed by atoms with van der Waals surface area (Å²) in [7, 11) is 3.37. The van der Waals surface area contributed by atoms with Crippen LogP contribution in [0.15, 0.2) is 53.7 Å².